The SMILES string of the molecule is CCCNC1COCC1C(=O)c1cccc(OCC)c1. The molecule has 2 unspecified atom stereocenters. The zero-order chi connectivity index (χ0) is 14.4. The van der Waals surface area contributed by atoms with Crippen LogP contribution in [0.15, 0.2) is 24.3 Å². The molecular weight excluding hydrogens is 254 g/mol. The van der Waals surface area contributed by atoms with E-state index in [0.717, 1.165) is 18.7 Å². The molecule has 0 aliphatic carbocycles. The van der Waals surface area contributed by atoms with Crippen LogP contribution in [0.4, 0.5) is 0 Å². The Morgan fingerprint density at radius 1 is 1.40 bits per heavy atom. The number of ether oxygens (including phenoxy) is 2. The zero-order valence-electron chi connectivity index (χ0n) is 12.2. The maximum Gasteiger partial charge on any atom is 0.170 e. The minimum Gasteiger partial charge on any atom is -0.494 e. The van der Waals surface area contributed by atoms with Gasteiger partial charge < -0.3 is 14.8 Å². The van der Waals surface area contributed by atoms with E-state index in [9.17, 15) is 4.79 Å². The summed E-state index contributed by atoms with van der Waals surface area (Å²) in [5, 5.41) is 3.39. The smallest absolute Gasteiger partial charge is 0.170 e. The van der Waals surface area contributed by atoms with Crippen LogP contribution in [-0.2, 0) is 4.74 Å². The fraction of sp³-hybridized carbons (Fsp3) is 0.562. The highest BCUT2D eigenvalue weighted by molar-refractivity contribution is 5.98. The average Bonchev–Trinajstić information content (AvgIpc) is 2.93. The van der Waals surface area contributed by atoms with Gasteiger partial charge in [0.15, 0.2) is 5.78 Å². The van der Waals surface area contributed by atoms with Gasteiger partial charge in [-0.1, -0.05) is 19.1 Å². The van der Waals surface area contributed by atoms with Gasteiger partial charge in [0, 0.05) is 11.6 Å². The standard InChI is InChI=1S/C16H23NO3/c1-3-8-17-15-11-19-10-14(15)16(18)12-6-5-7-13(9-12)20-4-2/h5-7,9,14-15,17H,3-4,8,10-11H2,1-2H3. The number of hydrogen-bond donors (Lipinski definition) is 1. The van der Waals surface area contributed by atoms with Crippen molar-refractivity contribution in [2.45, 2.75) is 26.3 Å². The highest BCUT2D eigenvalue weighted by atomic mass is 16.5. The molecule has 110 valence electrons. The first-order chi connectivity index (χ1) is 9.76. The summed E-state index contributed by atoms with van der Waals surface area (Å²) in [6.45, 7) is 6.68. The van der Waals surface area contributed by atoms with Crippen LogP contribution >= 0.6 is 0 Å². The van der Waals surface area contributed by atoms with E-state index in [1.54, 1.807) is 0 Å². The number of nitrogens with one attached hydrogen (secondary N) is 1. The zero-order valence-corrected chi connectivity index (χ0v) is 12.2. The molecule has 2 rings (SSSR count). The number of benzene rings is 1. The number of ketones is 1. The van der Waals surface area contributed by atoms with Crippen LogP contribution in [0.5, 0.6) is 5.75 Å². The van der Waals surface area contributed by atoms with E-state index in [2.05, 4.69) is 12.2 Å². The molecule has 1 aliphatic rings. The molecule has 1 saturated heterocycles. The van der Waals surface area contributed by atoms with E-state index >= 15 is 0 Å². The van der Waals surface area contributed by atoms with Crippen LogP contribution in [0.25, 0.3) is 0 Å². The Balaban J connectivity index is 2.07. The summed E-state index contributed by atoms with van der Waals surface area (Å²) in [4.78, 5) is 12.6. The second-order valence-corrected chi connectivity index (χ2v) is 5.03. The van der Waals surface area contributed by atoms with Crippen LogP contribution in [0.3, 0.4) is 0 Å². The van der Waals surface area contributed by atoms with Gasteiger partial charge in [-0.05, 0) is 32.0 Å². The first-order valence-corrected chi connectivity index (χ1v) is 7.34. The fourth-order valence-electron chi connectivity index (χ4n) is 2.46. The predicted molar refractivity (Wildman–Crippen MR) is 78.3 cm³/mol. The van der Waals surface area contributed by atoms with Crippen molar-refractivity contribution in [3.8, 4) is 5.75 Å². The molecule has 1 fully saturated rings. The van der Waals surface area contributed by atoms with Crippen molar-refractivity contribution in [3.05, 3.63) is 29.8 Å². The molecule has 0 saturated carbocycles. The van der Waals surface area contributed by atoms with Crippen LogP contribution in [-0.4, -0.2) is 38.2 Å². The first-order valence-electron chi connectivity index (χ1n) is 7.34. The molecule has 0 amide bonds. The van der Waals surface area contributed by atoms with Crippen molar-refractivity contribution in [1.82, 2.24) is 5.32 Å². The Hall–Kier alpha value is -1.39. The molecule has 20 heavy (non-hydrogen) atoms. The van der Waals surface area contributed by atoms with Gasteiger partial charge in [-0.15, -0.1) is 0 Å². The molecule has 0 radical (unpaired) electrons. The summed E-state index contributed by atoms with van der Waals surface area (Å²) in [5.74, 6) is 0.784. The molecule has 1 heterocycles. The van der Waals surface area contributed by atoms with Crippen molar-refractivity contribution in [1.29, 1.82) is 0 Å². The third-order valence-electron chi connectivity index (χ3n) is 3.50. The Bertz CT molecular complexity index is 447. The molecule has 1 N–H and O–H groups in total. The molecule has 2 atom stereocenters. The number of carbonyl (C=O) groups excluding carboxylic acids is 1. The lowest BCUT2D eigenvalue weighted by Crippen LogP contribution is -2.39. The van der Waals surface area contributed by atoms with Crippen molar-refractivity contribution in [2.24, 2.45) is 5.92 Å². The number of Topliss-reactive ketones (excluding diaryl/α,β-unsaturated/α-hetero) is 1. The summed E-state index contributed by atoms with van der Waals surface area (Å²) in [6, 6.07) is 7.53. The molecule has 0 aromatic heterocycles. The van der Waals surface area contributed by atoms with E-state index in [-0.39, 0.29) is 17.7 Å². The van der Waals surface area contributed by atoms with Crippen molar-refractivity contribution >= 4 is 5.78 Å². The second kappa shape index (κ2) is 7.41. The second-order valence-electron chi connectivity index (χ2n) is 5.03. The van der Waals surface area contributed by atoms with Gasteiger partial charge in [-0.2, -0.15) is 0 Å². The van der Waals surface area contributed by atoms with Gasteiger partial charge >= 0.3 is 0 Å². The number of hydrogen-bond acceptors (Lipinski definition) is 4. The third-order valence-corrected chi connectivity index (χ3v) is 3.50. The van der Waals surface area contributed by atoms with Crippen LogP contribution in [0, 0.1) is 5.92 Å². The monoisotopic (exact) mass is 277 g/mol. The lowest BCUT2D eigenvalue weighted by Gasteiger charge is -2.18. The van der Waals surface area contributed by atoms with Gasteiger partial charge in [0.25, 0.3) is 0 Å². The molecule has 4 heteroatoms. The van der Waals surface area contributed by atoms with Crippen molar-refractivity contribution in [2.75, 3.05) is 26.4 Å². The quantitative estimate of drug-likeness (QED) is 0.777. The molecule has 0 bridgehead atoms. The number of rotatable bonds is 7. The average molecular weight is 277 g/mol. The minimum absolute atomic E-state index is 0.0987. The maximum atomic E-state index is 12.6. The van der Waals surface area contributed by atoms with Crippen molar-refractivity contribution < 1.29 is 14.3 Å². The Kier molecular flexibility index (Phi) is 5.56. The molecule has 4 nitrogen and oxygen atoms in total. The molecule has 1 aromatic rings. The number of carbonyl (C=O) groups is 1. The van der Waals surface area contributed by atoms with Gasteiger partial charge in [0.05, 0.1) is 25.7 Å². The summed E-state index contributed by atoms with van der Waals surface area (Å²) >= 11 is 0. The van der Waals surface area contributed by atoms with E-state index in [0.29, 0.717) is 25.4 Å². The molecule has 0 spiro atoms. The van der Waals surface area contributed by atoms with Gasteiger partial charge in [0.2, 0.25) is 0 Å². The minimum atomic E-state index is -0.0987. The summed E-state index contributed by atoms with van der Waals surface area (Å²) in [6.07, 6.45) is 1.05. The lowest BCUT2D eigenvalue weighted by molar-refractivity contribution is 0.0891. The van der Waals surface area contributed by atoms with Gasteiger partial charge in [-0.25, -0.2) is 0 Å². The summed E-state index contributed by atoms with van der Waals surface area (Å²) in [7, 11) is 0. The highest BCUT2D eigenvalue weighted by Crippen LogP contribution is 2.22. The Labute approximate surface area is 120 Å². The van der Waals surface area contributed by atoms with E-state index in [1.807, 2.05) is 31.2 Å². The largest absolute Gasteiger partial charge is 0.494 e. The third kappa shape index (κ3) is 3.58. The normalized spacial score (nSPS) is 21.9. The first kappa shape index (κ1) is 15.0. The van der Waals surface area contributed by atoms with Gasteiger partial charge in [-0.3, -0.25) is 4.79 Å². The maximum absolute atomic E-state index is 12.6. The molecular formula is C16H23NO3. The van der Waals surface area contributed by atoms with Crippen LogP contribution < -0.4 is 10.1 Å². The Morgan fingerprint density at radius 3 is 3.00 bits per heavy atom. The summed E-state index contributed by atoms with van der Waals surface area (Å²) < 4.78 is 10.9. The Morgan fingerprint density at radius 2 is 2.25 bits per heavy atom. The molecule has 1 aliphatic heterocycles. The van der Waals surface area contributed by atoms with Crippen LogP contribution in [0.2, 0.25) is 0 Å². The highest BCUT2D eigenvalue weighted by Gasteiger charge is 2.34. The lowest BCUT2D eigenvalue weighted by atomic mass is 9.93. The van der Waals surface area contributed by atoms with E-state index in [1.165, 1.54) is 0 Å². The van der Waals surface area contributed by atoms with E-state index in [4.69, 9.17) is 9.47 Å². The van der Waals surface area contributed by atoms with Crippen LogP contribution in [0.1, 0.15) is 30.6 Å². The summed E-state index contributed by atoms with van der Waals surface area (Å²) in [5.41, 5.74) is 0.703. The van der Waals surface area contributed by atoms with Gasteiger partial charge in [0.1, 0.15) is 5.75 Å². The van der Waals surface area contributed by atoms with E-state index < -0.39 is 0 Å². The van der Waals surface area contributed by atoms with Crippen molar-refractivity contribution in [3.63, 3.8) is 0 Å². The fourth-order valence-corrected chi connectivity index (χ4v) is 2.46. The molecule has 1 aromatic carbocycles. The topological polar surface area (TPSA) is 47.6 Å². The predicted octanol–water partition coefficient (Wildman–Crippen LogP) is 2.28.